The van der Waals surface area contributed by atoms with E-state index in [0.717, 1.165) is 26.5 Å². The SMILES string of the molecule is CC(C)NC(=O)[C@@H](C)N(Cc1ccc(Br)cc1)C(=O)CN1C(=O)c2cccc3cccc1c23. The lowest BCUT2D eigenvalue weighted by Crippen LogP contribution is -2.51. The molecule has 0 bridgehead atoms. The van der Waals surface area contributed by atoms with E-state index in [0.29, 0.717) is 5.56 Å². The zero-order chi connectivity index (χ0) is 23.7. The molecule has 0 aromatic heterocycles. The summed E-state index contributed by atoms with van der Waals surface area (Å²) in [6, 6.07) is 18.2. The molecule has 3 aromatic carbocycles. The molecule has 0 saturated carbocycles. The van der Waals surface area contributed by atoms with Gasteiger partial charge in [0.25, 0.3) is 5.91 Å². The smallest absolute Gasteiger partial charge is 0.259 e. The molecule has 4 rings (SSSR count). The predicted octanol–water partition coefficient (Wildman–Crippen LogP) is 4.50. The van der Waals surface area contributed by atoms with E-state index in [1.165, 1.54) is 9.80 Å². The molecule has 7 heteroatoms. The molecule has 1 aliphatic heterocycles. The second-order valence-corrected chi connectivity index (χ2v) is 9.48. The summed E-state index contributed by atoms with van der Waals surface area (Å²) in [5, 5.41) is 4.71. The topological polar surface area (TPSA) is 69.7 Å². The Hall–Kier alpha value is -3.19. The van der Waals surface area contributed by atoms with Gasteiger partial charge in [-0.05, 0) is 56.0 Å². The quantitative estimate of drug-likeness (QED) is 0.511. The van der Waals surface area contributed by atoms with E-state index in [9.17, 15) is 14.4 Å². The molecule has 0 fully saturated rings. The van der Waals surface area contributed by atoms with Gasteiger partial charge in [0, 0.05) is 28.0 Å². The van der Waals surface area contributed by atoms with Crippen LogP contribution in [0.3, 0.4) is 0 Å². The lowest BCUT2D eigenvalue weighted by Gasteiger charge is -2.31. The average molecular weight is 508 g/mol. The maximum absolute atomic E-state index is 13.6. The number of amides is 3. The molecule has 1 N–H and O–H groups in total. The molecule has 0 saturated heterocycles. The van der Waals surface area contributed by atoms with Gasteiger partial charge in [-0.25, -0.2) is 0 Å². The molecule has 1 aliphatic rings. The first-order chi connectivity index (χ1) is 15.8. The number of hydrogen-bond donors (Lipinski definition) is 1. The van der Waals surface area contributed by atoms with Crippen molar-refractivity contribution in [2.45, 2.75) is 39.4 Å². The summed E-state index contributed by atoms with van der Waals surface area (Å²) in [6.45, 7) is 5.61. The van der Waals surface area contributed by atoms with Gasteiger partial charge in [-0.1, -0.05) is 52.3 Å². The highest BCUT2D eigenvalue weighted by Crippen LogP contribution is 2.37. The second kappa shape index (κ2) is 9.35. The molecule has 6 nitrogen and oxygen atoms in total. The maximum Gasteiger partial charge on any atom is 0.259 e. The van der Waals surface area contributed by atoms with Crippen molar-refractivity contribution in [1.82, 2.24) is 10.2 Å². The van der Waals surface area contributed by atoms with Crippen LogP contribution in [0.5, 0.6) is 0 Å². The van der Waals surface area contributed by atoms with Gasteiger partial charge in [-0.3, -0.25) is 19.3 Å². The number of halogens is 1. The van der Waals surface area contributed by atoms with Crippen molar-refractivity contribution in [1.29, 1.82) is 0 Å². The summed E-state index contributed by atoms with van der Waals surface area (Å²) >= 11 is 3.42. The number of anilines is 1. The molecule has 3 aromatic rings. The van der Waals surface area contributed by atoms with Crippen LogP contribution in [0, 0.1) is 0 Å². The van der Waals surface area contributed by atoms with Crippen LogP contribution in [-0.4, -0.2) is 41.2 Å². The fourth-order valence-corrected chi connectivity index (χ4v) is 4.40. The van der Waals surface area contributed by atoms with E-state index in [1.807, 2.05) is 68.4 Å². The maximum atomic E-state index is 13.6. The van der Waals surface area contributed by atoms with E-state index >= 15 is 0 Å². The Morgan fingerprint density at radius 2 is 1.67 bits per heavy atom. The number of benzene rings is 3. The Labute approximate surface area is 201 Å². The minimum Gasteiger partial charge on any atom is -0.352 e. The largest absolute Gasteiger partial charge is 0.352 e. The molecule has 0 aliphatic carbocycles. The van der Waals surface area contributed by atoms with Crippen LogP contribution in [0.4, 0.5) is 5.69 Å². The highest BCUT2D eigenvalue weighted by atomic mass is 79.9. The zero-order valence-electron chi connectivity index (χ0n) is 18.8. The van der Waals surface area contributed by atoms with Crippen LogP contribution in [0.2, 0.25) is 0 Å². The van der Waals surface area contributed by atoms with Gasteiger partial charge in [0.05, 0.1) is 5.69 Å². The highest BCUT2D eigenvalue weighted by Gasteiger charge is 2.34. The van der Waals surface area contributed by atoms with Crippen molar-refractivity contribution in [3.63, 3.8) is 0 Å². The summed E-state index contributed by atoms with van der Waals surface area (Å²) in [5.74, 6) is -0.714. The van der Waals surface area contributed by atoms with Gasteiger partial charge in [0.2, 0.25) is 11.8 Å². The van der Waals surface area contributed by atoms with Crippen LogP contribution >= 0.6 is 15.9 Å². The Bertz CT molecular complexity index is 1220. The average Bonchev–Trinajstić information content (AvgIpc) is 3.05. The molecule has 0 unspecified atom stereocenters. The first-order valence-electron chi connectivity index (χ1n) is 10.9. The van der Waals surface area contributed by atoms with Crippen molar-refractivity contribution < 1.29 is 14.4 Å². The van der Waals surface area contributed by atoms with E-state index in [2.05, 4.69) is 21.2 Å². The lowest BCUT2D eigenvalue weighted by atomic mass is 10.1. The number of nitrogens with one attached hydrogen (secondary N) is 1. The Morgan fingerprint density at radius 1 is 1.00 bits per heavy atom. The number of carbonyl (C=O) groups excluding carboxylic acids is 3. The molecule has 170 valence electrons. The number of nitrogens with zero attached hydrogens (tertiary/aromatic N) is 2. The first-order valence-corrected chi connectivity index (χ1v) is 11.7. The van der Waals surface area contributed by atoms with E-state index in [1.54, 1.807) is 13.0 Å². The van der Waals surface area contributed by atoms with Gasteiger partial charge in [0.1, 0.15) is 12.6 Å². The lowest BCUT2D eigenvalue weighted by molar-refractivity contribution is -0.139. The Morgan fingerprint density at radius 3 is 2.33 bits per heavy atom. The molecular formula is C26H26BrN3O3. The monoisotopic (exact) mass is 507 g/mol. The number of hydrogen-bond acceptors (Lipinski definition) is 3. The van der Waals surface area contributed by atoms with Crippen LogP contribution in [0.1, 0.15) is 36.7 Å². The molecule has 1 heterocycles. The van der Waals surface area contributed by atoms with Crippen molar-refractivity contribution in [3.8, 4) is 0 Å². The fraction of sp³-hybridized carbons (Fsp3) is 0.269. The summed E-state index contributed by atoms with van der Waals surface area (Å²) in [6.07, 6.45) is 0. The summed E-state index contributed by atoms with van der Waals surface area (Å²) < 4.78 is 0.934. The number of rotatable bonds is 7. The Balaban J connectivity index is 1.62. The molecule has 33 heavy (non-hydrogen) atoms. The van der Waals surface area contributed by atoms with Crippen molar-refractivity contribution >= 4 is 50.1 Å². The van der Waals surface area contributed by atoms with Gasteiger partial charge >= 0.3 is 0 Å². The summed E-state index contributed by atoms with van der Waals surface area (Å²) in [7, 11) is 0. The highest BCUT2D eigenvalue weighted by molar-refractivity contribution is 9.10. The predicted molar refractivity (Wildman–Crippen MR) is 133 cm³/mol. The van der Waals surface area contributed by atoms with E-state index in [-0.39, 0.29) is 36.9 Å². The Kier molecular flexibility index (Phi) is 6.51. The van der Waals surface area contributed by atoms with Crippen molar-refractivity contribution in [3.05, 3.63) is 76.3 Å². The molecule has 0 spiro atoms. The normalized spacial score (nSPS) is 13.5. The molecular weight excluding hydrogens is 482 g/mol. The van der Waals surface area contributed by atoms with Crippen LogP contribution < -0.4 is 10.2 Å². The zero-order valence-corrected chi connectivity index (χ0v) is 20.4. The van der Waals surface area contributed by atoms with Gasteiger partial charge in [0.15, 0.2) is 0 Å². The third kappa shape index (κ3) is 4.64. The van der Waals surface area contributed by atoms with E-state index < -0.39 is 6.04 Å². The minimum atomic E-state index is -0.695. The van der Waals surface area contributed by atoms with Crippen LogP contribution in [0.15, 0.2) is 65.1 Å². The van der Waals surface area contributed by atoms with Crippen molar-refractivity contribution in [2.75, 3.05) is 11.4 Å². The number of carbonyl (C=O) groups is 3. The second-order valence-electron chi connectivity index (χ2n) is 8.56. The third-order valence-corrected chi connectivity index (χ3v) is 6.34. The van der Waals surface area contributed by atoms with Gasteiger partial charge in [-0.15, -0.1) is 0 Å². The summed E-state index contributed by atoms with van der Waals surface area (Å²) in [4.78, 5) is 42.6. The first kappa shape index (κ1) is 23.0. The third-order valence-electron chi connectivity index (χ3n) is 5.81. The minimum absolute atomic E-state index is 0.0446. The standard InChI is InChI=1S/C26H26BrN3O3/c1-16(2)28-25(32)17(3)29(14-18-10-12-20(27)13-11-18)23(31)15-30-22-9-5-7-19-6-4-8-21(24(19)22)26(30)33/h4-13,16-17H,14-15H2,1-3H3,(H,28,32)/t17-/m1/s1. The van der Waals surface area contributed by atoms with Crippen LogP contribution in [0.25, 0.3) is 10.8 Å². The molecule has 0 radical (unpaired) electrons. The molecule has 3 amide bonds. The van der Waals surface area contributed by atoms with Crippen molar-refractivity contribution in [2.24, 2.45) is 0 Å². The van der Waals surface area contributed by atoms with Crippen LogP contribution in [-0.2, 0) is 16.1 Å². The summed E-state index contributed by atoms with van der Waals surface area (Å²) in [5.41, 5.74) is 2.22. The van der Waals surface area contributed by atoms with Gasteiger partial charge < -0.3 is 10.2 Å². The van der Waals surface area contributed by atoms with Gasteiger partial charge in [-0.2, -0.15) is 0 Å². The molecule has 1 atom stereocenters. The fourth-order valence-electron chi connectivity index (χ4n) is 4.14. The van der Waals surface area contributed by atoms with E-state index in [4.69, 9.17) is 0 Å².